The van der Waals surface area contributed by atoms with E-state index >= 15 is 0 Å². The first-order valence-electron chi connectivity index (χ1n) is 11.5. The minimum atomic E-state index is 0.588. The summed E-state index contributed by atoms with van der Waals surface area (Å²) in [7, 11) is 0. The highest BCUT2D eigenvalue weighted by Crippen LogP contribution is 2.37. The summed E-state index contributed by atoms with van der Waals surface area (Å²) in [4.78, 5) is 14.2. The minimum Gasteiger partial charge on any atom is -0.436 e. The van der Waals surface area contributed by atoms with Gasteiger partial charge in [-0.15, -0.1) is 0 Å². The van der Waals surface area contributed by atoms with Gasteiger partial charge in [0.25, 0.3) is 0 Å². The van der Waals surface area contributed by atoms with Crippen LogP contribution in [0.15, 0.2) is 120 Å². The van der Waals surface area contributed by atoms with E-state index in [4.69, 9.17) is 9.40 Å². The zero-order valence-corrected chi connectivity index (χ0v) is 18.7. The highest BCUT2D eigenvalue weighted by Gasteiger charge is 2.16. The molecule has 3 aromatic heterocycles. The normalized spacial score (nSPS) is 11.4. The average molecular weight is 450 g/mol. The fourth-order valence-corrected chi connectivity index (χ4v) is 4.59. The lowest BCUT2D eigenvalue weighted by Crippen LogP contribution is -1.90. The van der Waals surface area contributed by atoms with Gasteiger partial charge in [-0.3, -0.25) is 9.97 Å². The number of aromatic nitrogens is 3. The first kappa shape index (κ1) is 19.6. The van der Waals surface area contributed by atoms with Crippen molar-refractivity contribution in [2.45, 2.75) is 0 Å². The number of hydrogen-bond donors (Lipinski definition) is 0. The molecule has 0 aliphatic rings. The zero-order chi connectivity index (χ0) is 23.2. The highest BCUT2D eigenvalue weighted by molar-refractivity contribution is 5.91. The zero-order valence-electron chi connectivity index (χ0n) is 18.7. The number of nitrogens with zero attached hydrogens (tertiary/aromatic N) is 3. The number of pyridine rings is 2. The number of oxazole rings is 1. The van der Waals surface area contributed by atoms with Crippen molar-refractivity contribution in [3.8, 4) is 33.7 Å². The van der Waals surface area contributed by atoms with Crippen LogP contribution in [-0.2, 0) is 0 Å². The number of para-hydroxylation sites is 4. The second-order valence-electron chi connectivity index (χ2n) is 8.58. The van der Waals surface area contributed by atoms with Gasteiger partial charge in [-0.1, -0.05) is 60.7 Å². The molecule has 7 rings (SSSR count). The second-order valence-corrected chi connectivity index (χ2v) is 8.58. The molecule has 0 amide bonds. The van der Waals surface area contributed by atoms with Crippen LogP contribution in [0.1, 0.15) is 0 Å². The third-order valence-electron chi connectivity index (χ3n) is 6.37. The Morgan fingerprint density at radius 3 is 1.86 bits per heavy atom. The van der Waals surface area contributed by atoms with Crippen LogP contribution >= 0.6 is 0 Å². The van der Waals surface area contributed by atoms with E-state index in [1.54, 1.807) is 0 Å². The molecule has 4 nitrogen and oxygen atoms in total. The predicted octanol–water partition coefficient (Wildman–Crippen LogP) is 7.93. The van der Waals surface area contributed by atoms with Gasteiger partial charge in [-0.25, -0.2) is 4.98 Å². The molecule has 7 aromatic rings. The Morgan fingerprint density at radius 2 is 1.11 bits per heavy atom. The van der Waals surface area contributed by atoms with Crippen LogP contribution in [-0.4, -0.2) is 15.0 Å². The van der Waals surface area contributed by atoms with Crippen molar-refractivity contribution in [2.24, 2.45) is 0 Å². The molecule has 0 atom stereocenters. The van der Waals surface area contributed by atoms with Crippen molar-refractivity contribution in [1.29, 1.82) is 0 Å². The second kappa shape index (κ2) is 7.89. The molecule has 4 heteroatoms. The Balaban J connectivity index is 1.45. The minimum absolute atomic E-state index is 0.588. The average Bonchev–Trinajstić information content (AvgIpc) is 3.36. The first-order valence-corrected chi connectivity index (χ1v) is 11.5. The molecule has 4 aromatic carbocycles. The molecular weight excluding hydrogens is 430 g/mol. The SMILES string of the molecule is c1ccc2ncc(-c3ccc(-c4cnc5ccccc5c4)c(-c4nc5ccccc5o4)c3)cc2c1. The van der Waals surface area contributed by atoms with Gasteiger partial charge in [0.2, 0.25) is 5.89 Å². The lowest BCUT2D eigenvalue weighted by molar-refractivity contribution is 0.620. The van der Waals surface area contributed by atoms with Gasteiger partial charge >= 0.3 is 0 Å². The molecule has 0 unspecified atom stereocenters. The van der Waals surface area contributed by atoms with Crippen LogP contribution in [0.5, 0.6) is 0 Å². The quantitative estimate of drug-likeness (QED) is 0.275. The molecule has 0 N–H and O–H groups in total. The Morgan fingerprint density at radius 1 is 0.486 bits per heavy atom. The van der Waals surface area contributed by atoms with Gasteiger partial charge in [0.15, 0.2) is 5.58 Å². The summed E-state index contributed by atoms with van der Waals surface area (Å²) in [5, 5.41) is 2.20. The molecule has 164 valence electrons. The number of rotatable bonds is 3. The van der Waals surface area contributed by atoms with Crippen molar-refractivity contribution in [1.82, 2.24) is 15.0 Å². The first-order chi connectivity index (χ1) is 17.3. The van der Waals surface area contributed by atoms with Gasteiger partial charge in [-0.05, 0) is 53.6 Å². The van der Waals surface area contributed by atoms with E-state index in [9.17, 15) is 0 Å². The maximum Gasteiger partial charge on any atom is 0.227 e. The third kappa shape index (κ3) is 3.44. The van der Waals surface area contributed by atoms with E-state index in [1.165, 1.54) is 0 Å². The van der Waals surface area contributed by atoms with Crippen LogP contribution < -0.4 is 0 Å². The standard InChI is InChI=1S/C31H19N3O/c1-3-9-27-21(7-1)15-23(18-32-27)20-13-14-25(24-16-22-8-2-4-10-28(22)33-19-24)26(17-20)31-34-29-11-5-6-12-30(29)35-31/h1-19H. The fraction of sp³-hybridized carbons (Fsp3) is 0. The lowest BCUT2D eigenvalue weighted by atomic mass is 9.95. The Hall–Kier alpha value is -4.83. The van der Waals surface area contributed by atoms with Gasteiger partial charge in [0.1, 0.15) is 5.52 Å². The van der Waals surface area contributed by atoms with E-state index in [-0.39, 0.29) is 0 Å². The summed E-state index contributed by atoms with van der Waals surface area (Å²) < 4.78 is 6.22. The van der Waals surface area contributed by atoms with Crippen LogP contribution in [0.4, 0.5) is 0 Å². The van der Waals surface area contributed by atoms with Crippen LogP contribution in [0.3, 0.4) is 0 Å². The van der Waals surface area contributed by atoms with Crippen molar-refractivity contribution >= 4 is 32.9 Å². The maximum absolute atomic E-state index is 6.22. The van der Waals surface area contributed by atoms with Gasteiger partial charge in [0, 0.05) is 39.9 Å². The van der Waals surface area contributed by atoms with Crippen LogP contribution in [0.2, 0.25) is 0 Å². The lowest BCUT2D eigenvalue weighted by Gasteiger charge is -2.11. The van der Waals surface area contributed by atoms with Gasteiger partial charge in [0.05, 0.1) is 11.0 Å². The van der Waals surface area contributed by atoms with Gasteiger partial charge in [-0.2, -0.15) is 0 Å². The van der Waals surface area contributed by atoms with Crippen molar-refractivity contribution in [3.63, 3.8) is 0 Å². The Kier molecular flexibility index (Phi) is 4.42. The van der Waals surface area contributed by atoms with Crippen molar-refractivity contribution < 1.29 is 4.42 Å². The Bertz CT molecular complexity index is 1840. The third-order valence-corrected chi connectivity index (χ3v) is 6.37. The van der Waals surface area contributed by atoms with Crippen molar-refractivity contribution in [2.75, 3.05) is 0 Å². The van der Waals surface area contributed by atoms with Crippen LogP contribution in [0, 0.1) is 0 Å². The molecule has 35 heavy (non-hydrogen) atoms. The maximum atomic E-state index is 6.22. The number of benzene rings is 4. The molecule has 0 aliphatic carbocycles. The van der Waals surface area contributed by atoms with Crippen LogP contribution in [0.25, 0.3) is 66.6 Å². The fourth-order valence-electron chi connectivity index (χ4n) is 4.59. The van der Waals surface area contributed by atoms with E-state index in [1.807, 2.05) is 73.1 Å². The van der Waals surface area contributed by atoms with Gasteiger partial charge < -0.3 is 4.42 Å². The molecule has 3 heterocycles. The van der Waals surface area contributed by atoms with Crippen molar-refractivity contribution in [3.05, 3.63) is 116 Å². The van der Waals surface area contributed by atoms with E-state index in [2.05, 4.69) is 52.4 Å². The molecule has 0 aliphatic heterocycles. The summed E-state index contributed by atoms with van der Waals surface area (Å²) in [5.41, 5.74) is 8.61. The van der Waals surface area contributed by atoms with E-state index in [0.717, 1.165) is 60.7 Å². The summed E-state index contributed by atoms with van der Waals surface area (Å²) in [6.07, 6.45) is 3.84. The van der Waals surface area contributed by atoms with E-state index < -0.39 is 0 Å². The molecule has 0 spiro atoms. The monoisotopic (exact) mass is 449 g/mol. The molecule has 0 bridgehead atoms. The molecule has 0 radical (unpaired) electrons. The smallest absolute Gasteiger partial charge is 0.227 e. The summed E-state index contributed by atoms with van der Waals surface area (Å²) >= 11 is 0. The van der Waals surface area contributed by atoms with E-state index in [0.29, 0.717) is 5.89 Å². The summed E-state index contributed by atoms with van der Waals surface area (Å²) in [5.74, 6) is 0.588. The number of hydrogen-bond acceptors (Lipinski definition) is 4. The molecule has 0 fully saturated rings. The highest BCUT2D eigenvalue weighted by atomic mass is 16.3. The number of fused-ring (bicyclic) bond motifs is 3. The Labute approximate surface area is 201 Å². The summed E-state index contributed by atoms with van der Waals surface area (Å²) in [6, 6.07) is 34.9. The predicted molar refractivity (Wildman–Crippen MR) is 141 cm³/mol. The largest absolute Gasteiger partial charge is 0.436 e. The topological polar surface area (TPSA) is 51.8 Å². The summed E-state index contributed by atoms with van der Waals surface area (Å²) in [6.45, 7) is 0. The molecule has 0 saturated heterocycles. The molecule has 0 saturated carbocycles. The molecular formula is C31H19N3O.